The van der Waals surface area contributed by atoms with Gasteiger partial charge in [0, 0.05) is 0 Å². The second kappa shape index (κ2) is 6.99. The van der Waals surface area contributed by atoms with E-state index in [1.807, 2.05) is 0 Å². The molecule has 0 saturated carbocycles. The quantitative estimate of drug-likeness (QED) is 0.509. The summed E-state index contributed by atoms with van der Waals surface area (Å²) in [5.41, 5.74) is 1.98. The molecule has 1 aliphatic carbocycles. The molecule has 3 nitrogen and oxygen atoms in total. The van der Waals surface area contributed by atoms with E-state index in [0.29, 0.717) is 25.9 Å². The Hall–Kier alpha value is -0.200. The Labute approximate surface area is 150 Å². The number of ketones is 1. The number of aryl methyl sites for hydroxylation is 1. The molecule has 0 radical (unpaired) electrons. The van der Waals surface area contributed by atoms with E-state index in [0.717, 1.165) is 0 Å². The van der Waals surface area contributed by atoms with Gasteiger partial charge in [-0.1, -0.05) is 11.6 Å². The molecule has 0 heterocycles. The summed E-state index contributed by atoms with van der Waals surface area (Å²) in [5.74, 6) is -0.119. The number of allylic oxidation sites excluding steroid dienone is 4. The average molecular weight is 393 g/mol. The first-order valence-electron chi connectivity index (χ1n) is 5.13. The van der Waals surface area contributed by atoms with Gasteiger partial charge in [-0.3, -0.25) is 4.79 Å². The molecule has 0 amide bonds. The van der Waals surface area contributed by atoms with Gasteiger partial charge in [-0.25, -0.2) is 4.99 Å². The fourth-order valence-electron chi connectivity index (χ4n) is 1.46. The van der Waals surface area contributed by atoms with Crippen LogP contribution in [0.15, 0.2) is 44.3 Å². The van der Waals surface area contributed by atoms with E-state index in [2.05, 4.69) is 36.9 Å². The smallest absolute Gasteiger partial charge is 0.872 e. The Morgan fingerprint density at radius 3 is 2.26 bits per heavy atom. The number of halogens is 2. The van der Waals surface area contributed by atoms with Crippen LogP contribution < -0.4 is 34.7 Å². The number of carbonyl (C=O) groups is 1. The molecule has 92 valence electrons. The van der Waals surface area contributed by atoms with Gasteiger partial charge in [0.1, 0.15) is 0 Å². The first kappa shape index (κ1) is 16.9. The molecule has 0 unspecified atom stereocenters. The average Bonchev–Trinajstić information content (AvgIpc) is 2.31. The molecule has 2 rings (SSSR count). The molecule has 1 aromatic rings. The van der Waals surface area contributed by atoms with Gasteiger partial charge in [-0.2, -0.15) is 0 Å². The van der Waals surface area contributed by atoms with E-state index in [-0.39, 0.29) is 41.1 Å². The minimum absolute atomic E-state index is 0. The van der Waals surface area contributed by atoms with Crippen LogP contribution in [0, 0.1) is 6.92 Å². The number of carbonyl (C=O) groups excluding carboxylic acids is 1. The van der Waals surface area contributed by atoms with Crippen molar-refractivity contribution in [2.75, 3.05) is 0 Å². The topological polar surface area (TPSA) is 52.5 Å². The van der Waals surface area contributed by atoms with Crippen LogP contribution in [-0.2, 0) is 4.79 Å². The third kappa shape index (κ3) is 4.13. The first-order valence-corrected chi connectivity index (χ1v) is 6.71. The van der Waals surface area contributed by atoms with Crippen LogP contribution in [0.1, 0.15) is 5.56 Å². The van der Waals surface area contributed by atoms with E-state index >= 15 is 0 Å². The summed E-state index contributed by atoms with van der Waals surface area (Å²) in [6.45, 7) is 1.74. The molecule has 19 heavy (non-hydrogen) atoms. The maximum Gasteiger partial charge on any atom is 1.00 e. The van der Waals surface area contributed by atoms with Crippen LogP contribution in [0.25, 0.3) is 0 Å². The SMILES string of the molecule is Cc1cc(N=C2C=C(Br)C(=O)C(Br)=C2)ccc1[O-].[Na+]. The summed E-state index contributed by atoms with van der Waals surface area (Å²) in [6.07, 6.45) is 3.29. The van der Waals surface area contributed by atoms with E-state index in [1.54, 1.807) is 31.2 Å². The Morgan fingerprint density at radius 2 is 1.74 bits per heavy atom. The molecule has 0 spiro atoms. The number of hydrogen-bond donors (Lipinski definition) is 0. The number of hydrogen-bond acceptors (Lipinski definition) is 3. The van der Waals surface area contributed by atoms with E-state index in [4.69, 9.17) is 0 Å². The molecular formula is C13H8Br2NNaO2. The summed E-state index contributed by atoms with van der Waals surface area (Å²) < 4.78 is 0.903. The van der Waals surface area contributed by atoms with Gasteiger partial charge in [-0.05, 0) is 63.1 Å². The zero-order valence-electron chi connectivity index (χ0n) is 10.4. The standard InChI is InChI=1S/C13H9Br2NO2.Na/c1-7-4-8(2-3-12(7)17)16-9-5-10(14)13(18)11(15)6-9;/h2-6,17H,1H3;/q;+1/p-1. The van der Waals surface area contributed by atoms with Crippen molar-refractivity contribution in [1.82, 2.24) is 0 Å². The van der Waals surface area contributed by atoms with E-state index in [9.17, 15) is 9.90 Å². The molecule has 0 bridgehead atoms. The van der Waals surface area contributed by atoms with Crippen molar-refractivity contribution in [3.8, 4) is 5.75 Å². The third-order valence-electron chi connectivity index (χ3n) is 2.40. The summed E-state index contributed by atoms with van der Waals surface area (Å²) in [4.78, 5) is 15.9. The molecular weight excluding hydrogens is 385 g/mol. The Morgan fingerprint density at radius 1 is 1.16 bits per heavy atom. The van der Waals surface area contributed by atoms with Crippen LogP contribution in [-0.4, -0.2) is 11.5 Å². The first-order chi connectivity index (χ1) is 8.47. The van der Waals surface area contributed by atoms with Crippen LogP contribution in [0.3, 0.4) is 0 Å². The molecule has 0 aliphatic heterocycles. The van der Waals surface area contributed by atoms with Gasteiger partial charge in [-0.15, -0.1) is 5.75 Å². The van der Waals surface area contributed by atoms with Gasteiger partial charge in [0.05, 0.1) is 20.4 Å². The van der Waals surface area contributed by atoms with Crippen molar-refractivity contribution < 1.29 is 39.5 Å². The normalized spacial score (nSPS) is 14.5. The summed E-state index contributed by atoms with van der Waals surface area (Å²) >= 11 is 6.37. The van der Waals surface area contributed by atoms with Crippen molar-refractivity contribution in [2.45, 2.75) is 6.92 Å². The maximum absolute atomic E-state index is 11.5. The molecule has 0 N–H and O–H groups in total. The molecule has 0 fully saturated rings. The van der Waals surface area contributed by atoms with Gasteiger partial charge >= 0.3 is 29.6 Å². The van der Waals surface area contributed by atoms with Gasteiger partial charge in [0.15, 0.2) is 0 Å². The van der Waals surface area contributed by atoms with Crippen molar-refractivity contribution in [1.29, 1.82) is 0 Å². The predicted octanol–water partition coefficient (Wildman–Crippen LogP) is 0.285. The predicted molar refractivity (Wildman–Crippen MR) is 76.7 cm³/mol. The summed E-state index contributed by atoms with van der Waals surface area (Å²) in [6, 6.07) is 4.86. The minimum Gasteiger partial charge on any atom is -0.872 e. The Bertz CT molecular complexity index is 597. The van der Waals surface area contributed by atoms with Crippen molar-refractivity contribution >= 4 is 49.0 Å². The third-order valence-corrected chi connectivity index (χ3v) is 3.58. The molecule has 1 aromatic carbocycles. The van der Waals surface area contributed by atoms with Crippen LogP contribution in [0.5, 0.6) is 5.75 Å². The largest absolute Gasteiger partial charge is 1.00 e. The van der Waals surface area contributed by atoms with Crippen molar-refractivity contribution in [3.63, 3.8) is 0 Å². The zero-order chi connectivity index (χ0) is 13.3. The number of Topliss-reactive ketones (excluding diaryl/α,β-unsaturated/α-hetero) is 1. The fraction of sp³-hybridized carbons (Fsp3) is 0.0769. The van der Waals surface area contributed by atoms with Crippen LogP contribution in [0.2, 0.25) is 0 Å². The molecule has 0 saturated heterocycles. The van der Waals surface area contributed by atoms with Crippen molar-refractivity contribution in [2.24, 2.45) is 4.99 Å². The second-order valence-electron chi connectivity index (χ2n) is 3.80. The van der Waals surface area contributed by atoms with Crippen LogP contribution in [0.4, 0.5) is 5.69 Å². The summed E-state index contributed by atoms with van der Waals surface area (Å²) in [7, 11) is 0. The summed E-state index contributed by atoms with van der Waals surface area (Å²) in [5, 5.41) is 11.3. The molecule has 6 heteroatoms. The van der Waals surface area contributed by atoms with Gasteiger partial charge < -0.3 is 5.11 Å². The molecule has 0 aromatic heterocycles. The Balaban J connectivity index is 0.00000180. The molecule has 0 atom stereocenters. The van der Waals surface area contributed by atoms with Crippen molar-refractivity contribution in [3.05, 3.63) is 44.9 Å². The van der Waals surface area contributed by atoms with E-state index < -0.39 is 0 Å². The minimum atomic E-state index is -0.111. The van der Waals surface area contributed by atoms with Gasteiger partial charge in [0.2, 0.25) is 5.78 Å². The number of rotatable bonds is 1. The zero-order valence-corrected chi connectivity index (χ0v) is 15.6. The number of aliphatic imine (C=N–C) groups is 1. The maximum atomic E-state index is 11.5. The monoisotopic (exact) mass is 391 g/mol. The number of benzene rings is 1. The van der Waals surface area contributed by atoms with E-state index in [1.165, 1.54) is 6.07 Å². The van der Waals surface area contributed by atoms with Crippen LogP contribution >= 0.6 is 31.9 Å². The Kier molecular flexibility index (Phi) is 6.20. The van der Waals surface area contributed by atoms with Gasteiger partial charge in [0.25, 0.3) is 0 Å². The number of nitrogens with zero attached hydrogens (tertiary/aromatic N) is 1. The fourth-order valence-corrected chi connectivity index (χ4v) is 2.63. The second-order valence-corrected chi connectivity index (χ2v) is 5.51. The molecule has 1 aliphatic rings.